The highest BCUT2D eigenvalue weighted by Gasteiger charge is 2.18. The summed E-state index contributed by atoms with van der Waals surface area (Å²) in [6.07, 6.45) is 0. The second-order valence-corrected chi connectivity index (χ2v) is 6.58. The fraction of sp³-hybridized carbons (Fsp3) is 0.174. The van der Waals surface area contributed by atoms with E-state index in [4.69, 9.17) is 23.4 Å². The number of aromatic hydroxyl groups is 1. The molecule has 7 nitrogen and oxygen atoms in total. The van der Waals surface area contributed by atoms with Crippen LogP contribution in [0.25, 0.3) is 33.1 Å². The molecule has 0 aliphatic carbocycles. The van der Waals surface area contributed by atoms with Gasteiger partial charge in [0, 0.05) is 0 Å². The van der Waals surface area contributed by atoms with Crippen LogP contribution >= 0.6 is 0 Å². The van der Waals surface area contributed by atoms with Crippen molar-refractivity contribution in [1.82, 2.24) is 0 Å². The van der Waals surface area contributed by atoms with Gasteiger partial charge in [0.25, 0.3) is 0 Å². The number of hydrogen-bond acceptors (Lipinski definition) is 7. The van der Waals surface area contributed by atoms with E-state index < -0.39 is 0 Å². The third-order valence-corrected chi connectivity index (χ3v) is 4.96. The number of hydrogen-bond donors (Lipinski definition) is 1. The second-order valence-electron chi connectivity index (χ2n) is 6.58. The van der Waals surface area contributed by atoms with Crippen LogP contribution in [0.1, 0.15) is 0 Å². The van der Waals surface area contributed by atoms with Crippen LogP contribution < -0.4 is 24.4 Å². The first-order chi connectivity index (χ1) is 14.5. The normalized spacial score (nSPS) is 10.9. The van der Waals surface area contributed by atoms with Gasteiger partial charge in [-0.25, -0.2) is 0 Å². The first kappa shape index (κ1) is 19.4. The van der Waals surface area contributed by atoms with Gasteiger partial charge in [-0.1, -0.05) is 0 Å². The Bertz CT molecular complexity index is 1300. The van der Waals surface area contributed by atoms with Gasteiger partial charge in [-0.15, -0.1) is 0 Å². The van der Waals surface area contributed by atoms with Gasteiger partial charge >= 0.3 is 0 Å². The number of phenols is 1. The highest BCUT2D eigenvalue weighted by molar-refractivity contribution is 5.96. The molecule has 30 heavy (non-hydrogen) atoms. The number of benzene rings is 3. The van der Waals surface area contributed by atoms with Crippen molar-refractivity contribution in [1.29, 1.82) is 0 Å². The summed E-state index contributed by atoms with van der Waals surface area (Å²) in [5.41, 5.74) is 1.64. The van der Waals surface area contributed by atoms with Gasteiger partial charge in [-0.05, 0) is 53.6 Å². The van der Waals surface area contributed by atoms with E-state index in [1.807, 2.05) is 0 Å². The fourth-order valence-electron chi connectivity index (χ4n) is 3.48. The summed E-state index contributed by atoms with van der Waals surface area (Å²) in [7, 11) is 6.10. The summed E-state index contributed by atoms with van der Waals surface area (Å²) in [6.45, 7) is 0. The molecular formula is C23H20O7. The molecule has 0 saturated carbocycles. The Morgan fingerprint density at radius 2 is 1.43 bits per heavy atom. The first-order valence-corrected chi connectivity index (χ1v) is 9.08. The molecule has 4 rings (SSSR count). The smallest absolute Gasteiger partial charge is 0.204 e. The van der Waals surface area contributed by atoms with Crippen molar-refractivity contribution < 1.29 is 28.5 Å². The Morgan fingerprint density at radius 3 is 2.03 bits per heavy atom. The molecule has 7 heteroatoms. The predicted molar refractivity (Wildman–Crippen MR) is 113 cm³/mol. The monoisotopic (exact) mass is 408 g/mol. The van der Waals surface area contributed by atoms with Gasteiger partial charge in [0.05, 0.1) is 33.8 Å². The highest BCUT2D eigenvalue weighted by atomic mass is 16.5. The number of fused-ring (bicyclic) bond motifs is 2. The van der Waals surface area contributed by atoms with E-state index in [0.717, 1.165) is 0 Å². The maximum atomic E-state index is 13.0. The standard InChI is InChI=1S/C23H20O7/c1-26-14-5-6-17-15(11-14)22(25)21-16(24)7-12(8-18(21)30-17)13-9-19(27-2)23(29-4)20(10-13)28-3/h5-11,24H,1-4H3. The lowest BCUT2D eigenvalue weighted by molar-refractivity contribution is 0.324. The van der Waals surface area contributed by atoms with Crippen LogP contribution in [0.4, 0.5) is 0 Å². The SMILES string of the molecule is COc1ccc2oc3cc(-c4cc(OC)c(OC)c(OC)c4)cc(O)c3c(=O)c2c1. The minimum atomic E-state index is -0.334. The van der Waals surface area contributed by atoms with E-state index in [0.29, 0.717) is 45.1 Å². The van der Waals surface area contributed by atoms with Crippen molar-refractivity contribution >= 4 is 21.9 Å². The van der Waals surface area contributed by atoms with Gasteiger partial charge in [-0.3, -0.25) is 4.79 Å². The highest BCUT2D eigenvalue weighted by Crippen LogP contribution is 2.42. The molecule has 0 bridgehead atoms. The molecule has 0 amide bonds. The van der Waals surface area contributed by atoms with E-state index in [1.165, 1.54) is 34.5 Å². The van der Waals surface area contributed by atoms with E-state index in [2.05, 4.69) is 0 Å². The third kappa shape index (κ3) is 3.04. The van der Waals surface area contributed by atoms with Crippen LogP contribution in [0.5, 0.6) is 28.7 Å². The van der Waals surface area contributed by atoms with Crippen LogP contribution in [-0.4, -0.2) is 33.5 Å². The lowest BCUT2D eigenvalue weighted by Gasteiger charge is -2.15. The quantitative estimate of drug-likeness (QED) is 0.491. The molecule has 0 fully saturated rings. The zero-order valence-electron chi connectivity index (χ0n) is 16.9. The lowest BCUT2D eigenvalue weighted by Crippen LogP contribution is -2.03. The summed E-state index contributed by atoms with van der Waals surface area (Å²) >= 11 is 0. The number of phenolic OH excluding ortho intramolecular Hbond substituents is 1. The molecule has 4 aromatic rings. The molecule has 0 atom stereocenters. The molecule has 0 radical (unpaired) electrons. The average Bonchev–Trinajstić information content (AvgIpc) is 2.77. The molecule has 1 heterocycles. The second kappa shape index (κ2) is 7.51. The van der Waals surface area contributed by atoms with Crippen molar-refractivity contribution in [3.8, 4) is 39.9 Å². The van der Waals surface area contributed by atoms with Crippen molar-refractivity contribution in [2.24, 2.45) is 0 Å². The van der Waals surface area contributed by atoms with Crippen LogP contribution in [0.3, 0.4) is 0 Å². The molecular weight excluding hydrogens is 388 g/mol. The van der Waals surface area contributed by atoms with Crippen molar-refractivity contribution in [2.75, 3.05) is 28.4 Å². The van der Waals surface area contributed by atoms with Crippen molar-refractivity contribution in [3.05, 3.63) is 52.7 Å². The molecule has 0 spiro atoms. The van der Waals surface area contributed by atoms with Crippen LogP contribution in [0.2, 0.25) is 0 Å². The molecule has 3 aromatic carbocycles. The zero-order chi connectivity index (χ0) is 21.4. The Kier molecular flexibility index (Phi) is 4.87. The lowest BCUT2D eigenvalue weighted by atomic mass is 10.0. The van der Waals surface area contributed by atoms with Crippen molar-refractivity contribution in [2.45, 2.75) is 0 Å². The van der Waals surface area contributed by atoms with Crippen molar-refractivity contribution in [3.63, 3.8) is 0 Å². The Morgan fingerprint density at radius 1 is 0.767 bits per heavy atom. The van der Waals surface area contributed by atoms with E-state index in [1.54, 1.807) is 36.4 Å². The molecule has 0 unspecified atom stereocenters. The molecule has 0 saturated heterocycles. The summed E-state index contributed by atoms with van der Waals surface area (Å²) in [5, 5.41) is 11.1. The molecule has 154 valence electrons. The number of rotatable bonds is 5. The molecule has 1 aromatic heterocycles. The van der Waals surface area contributed by atoms with Gasteiger partial charge in [0.2, 0.25) is 11.2 Å². The van der Waals surface area contributed by atoms with Gasteiger partial charge in [0.1, 0.15) is 28.1 Å². The Hall–Kier alpha value is -3.87. The molecule has 0 aliphatic heterocycles. The minimum absolute atomic E-state index is 0.104. The van der Waals surface area contributed by atoms with E-state index in [9.17, 15) is 9.90 Å². The van der Waals surface area contributed by atoms with Crippen LogP contribution in [0, 0.1) is 0 Å². The van der Waals surface area contributed by atoms with Gasteiger partial charge in [0.15, 0.2) is 11.5 Å². The number of ether oxygens (including phenoxy) is 4. The maximum absolute atomic E-state index is 13.0. The average molecular weight is 408 g/mol. The topological polar surface area (TPSA) is 87.4 Å². The fourth-order valence-corrected chi connectivity index (χ4v) is 3.48. The van der Waals surface area contributed by atoms with Crippen LogP contribution in [-0.2, 0) is 0 Å². The maximum Gasteiger partial charge on any atom is 0.204 e. The van der Waals surface area contributed by atoms with E-state index >= 15 is 0 Å². The van der Waals surface area contributed by atoms with Gasteiger partial charge < -0.3 is 28.5 Å². The Balaban J connectivity index is 1.98. The van der Waals surface area contributed by atoms with E-state index in [-0.39, 0.29) is 22.1 Å². The summed E-state index contributed by atoms with van der Waals surface area (Å²) in [5.74, 6) is 1.75. The summed E-state index contributed by atoms with van der Waals surface area (Å²) < 4.78 is 27.3. The predicted octanol–water partition coefficient (Wildman–Crippen LogP) is 4.35. The minimum Gasteiger partial charge on any atom is -0.507 e. The largest absolute Gasteiger partial charge is 0.507 e. The first-order valence-electron chi connectivity index (χ1n) is 9.08. The molecule has 1 N–H and O–H groups in total. The van der Waals surface area contributed by atoms with Crippen LogP contribution in [0.15, 0.2) is 51.7 Å². The van der Waals surface area contributed by atoms with Gasteiger partial charge in [-0.2, -0.15) is 0 Å². The summed E-state index contributed by atoms with van der Waals surface area (Å²) in [6, 6.07) is 11.7. The number of methoxy groups -OCH3 is 4. The third-order valence-electron chi connectivity index (χ3n) is 4.96. The zero-order valence-corrected chi connectivity index (χ0v) is 16.9. The summed E-state index contributed by atoms with van der Waals surface area (Å²) in [4.78, 5) is 13.0. The Labute approximate surface area is 172 Å². The molecule has 0 aliphatic rings.